The molecule has 1 aliphatic heterocycles. The molecule has 2 aromatic rings. The number of likely N-dealkylation sites (N-methyl/N-ethyl adjacent to an activating group) is 1. The smallest absolute Gasteiger partial charge is 0.255 e. The van der Waals surface area contributed by atoms with Gasteiger partial charge in [0.1, 0.15) is 5.75 Å². The topological polar surface area (TPSA) is 74.8 Å². The predicted molar refractivity (Wildman–Crippen MR) is 107 cm³/mol. The first-order valence-electron chi connectivity index (χ1n) is 9.41. The van der Waals surface area contributed by atoms with Gasteiger partial charge in [-0.05, 0) is 31.2 Å². The molecule has 0 atom stereocenters. The van der Waals surface area contributed by atoms with Gasteiger partial charge in [-0.2, -0.15) is 0 Å². The van der Waals surface area contributed by atoms with Gasteiger partial charge in [0.25, 0.3) is 11.8 Å². The van der Waals surface area contributed by atoms with E-state index < -0.39 is 0 Å². The maximum Gasteiger partial charge on any atom is 0.255 e. The molecule has 0 saturated carbocycles. The minimum Gasteiger partial charge on any atom is -0.496 e. The lowest BCUT2D eigenvalue weighted by Crippen LogP contribution is -2.47. The van der Waals surface area contributed by atoms with Gasteiger partial charge in [0.05, 0.1) is 18.2 Å². The van der Waals surface area contributed by atoms with E-state index >= 15 is 0 Å². The van der Waals surface area contributed by atoms with Crippen molar-refractivity contribution in [1.29, 1.82) is 0 Å². The molecule has 1 aliphatic rings. The third-order valence-electron chi connectivity index (χ3n) is 4.91. The molecule has 0 spiro atoms. The van der Waals surface area contributed by atoms with E-state index in [9.17, 15) is 9.59 Å². The van der Waals surface area contributed by atoms with Crippen molar-refractivity contribution in [2.75, 3.05) is 46.9 Å². The number of methoxy groups -OCH3 is 1. The van der Waals surface area contributed by atoms with Crippen LogP contribution in [0.3, 0.4) is 0 Å². The highest BCUT2D eigenvalue weighted by Crippen LogP contribution is 2.17. The van der Waals surface area contributed by atoms with Gasteiger partial charge >= 0.3 is 0 Å². The van der Waals surface area contributed by atoms with E-state index in [4.69, 9.17) is 4.74 Å². The quantitative estimate of drug-likeness (QED) is 0.819. The number of para-hydroxylation sites is 1. The van der Waals surface area contributed by atoms with Crippen LogP contribution in [-0.2, 0) is 6.42 Å². The standard InChI is InChI=1S/C21H26N4O3/c1-24-9-11-25(12-10-24)21(27)18-13-17(14-22-15-18)20(26)23-8-7-16-5-3-4-6-19(16)28-2/h3-6,13-15H,7-12H2,1-2H3,(H,23,26). The summed E-state index contributed by atoms with van der Waals surface area (Å²) in [6, 6.07) is 9.34. The van der Waals surface area contributed by atoms with E-state index in [0.29, 0.717) is 37.2 Å². The molecular formula is C21H26N4O3. The largest absolute Gasteiger partial charge is 0.496 e. The number of amides is 2. The van der Waals surface area contributed by atoms with Crippen LogP contribution in [0.25, 0.3) is 0 Å². The highest BCUT2D eigenvalue weighted by atomic mass is 16.5. The van der Waals surface area contributed by atoms with Gasteiger partial charge in [-0.15, -0.1) is 0 Å². The molecule has 0 unspecified atom stereocenters. The van der Waals surface area contributed by atoms with Crippen LogP contribution >= 0.6 is 0 Å². The van der Waals surface area contributed by atoms with Crippen molar-refractivity contribution >= 4 is 11.8 Å². The number of carbonyl (C=O) groups excluding carboxylic acids is 2. The number of nitrogens with one attached hydrogen (secondary N) is 1. The minimum absolute atomic E-state index is 0.0794. The molecule has 1 saturated heterocycles. The summed E-state index contributed by atoms with van der Waals surface area (Å²) >= 11 is 0. The Balaban J connectivity index is 1.58. The first kappa shape index (κ1) is 19.8. The van der Waals surface area contributed by atoms with Crippen LogP contribution in [-0.4, -0.2) is 73.5 Å². The average molecular weight is 382 g/mol. The number of nitrogens with zero attached hydrogens (tertiary/aromatic N) is 3. The normalized spacial score (nSPS) is 14.6. The van der Waals surface area contributed by atoms with E-state index in [0.717, 1.165) is 24.4 Å². The average Bonchev–Trinajstić information content (AvgIpc) is 2.74. The summed E-state index contributed by atoms with van der Waals surface area (Å²) in [5.74, 6) is 0.484. The monoisotopic (exact) mass is 382 g/mol. The Hall–Kier alpha value is -2.93. The number of benzene rings is 1. The zero-order valence-corrected chi connectivity index (χ0v) is 16.4. The summed E-state index contributed by atoms with van der Waals surface area (Å²) in [4.78, 5) is 33.2. The van der Waals surface area contributed by atoms with Gasteiger partial charge in [-0.25, -0.2) is 0 Å². The molecule has 3 rings (SSSR count). The van der Waals surface area contributed by atoms with E-state index in [2.05, 4.69) is 15.2 Å². The van der Waals surface area contributed by atoms with Crippen molar-refractivity contribution < 1.29 is 14.3 Å². The number of piperazine rings is 1. The number of aromatic nitrogens is 1. The van der Waals surface area contributed by atoms with Crippen LogP contribution < -0.4 is 10.1 Å². The summed E-state index contributed by atoms with van der Waals surface area (Å²) in [5.41, 5.74) is 1.87. The Kier molecular flexibility index (Phi) is 6.60. The van der Waals surface area contributed by atoms with Gasteiger partial charge in [0.2, 0.25) is 0 Å². The minimum atomic E-state index is -0.240. The fourth-order valence-electron chi connectivity index (χ4n) is 3.20. The molecule has 7 heteroatoms. The van der Waals surface area contributed by atoms with Crippen molar-refractivity contribution in [3.63, 3.8) is 0 Å². The molecule has 1 aromatic carbocycles. The number of rotatable bonds is 6. The maximum atomic E-state index is 12.7. The second-order valence-corrected chi connectivity index (χ2v) is 6.88. The molecule has 0 bridgehead atoms. The molecule has 2 amide bonds. The molecule has 1 fully saturated rings. The number of pyridine rings is 1. The van der Waals surface area contributed by atoms with Crippen molar-refractivity contribution in [2.45, 2.75) is 6.42 Å². The zero-order valence-electron chi connectivity index (χ0n) is 16.4. The molecule has 2 heterocycles. The van der Waals surface area contributed by atoms with Crippen molar-refractivity contribution in [1.82, 2.24) is 20.1 Å². The first-order chi connectivity index (χ1) is 13.6. The summed E-state index contributed by atoms with van der Waals surface area (Å²) in [7, 11) is 3.67. The second-order valence-electron chi connectivity index (χ2n) is 6.88. The van der Waals surface area contributed by atoms with Crippen LogP contribution in [0.1, 0.15) is 26.3 Å². The molecule has 0 radical (unpaired) electrons. The van der Waals surface area contributed by atoms with Crippen molar-refractivity contribution in [3.05, 3.63) is 59.4 Å². The van der Waals surface area contributed by atoms with Crippen LogP contribution in [0.5, 0.6) is 5.75 Å². The van der Waals surface area contributed by atoms with Gasteiger partial charge in [0, 0.05) is 45.1 Å². The Labute approximate surface area is 165 Å². The molecule has 7 nitrogen and oxygen atoms in total. The van der Waals surface area contributed by atoms with Gasteiger partial charge in [-0.1, -0.05) is 18.2 Å². The maximum absolute atomic E-state index is 12.7. The molecule has 1 aromatic heterocycles. The summed E-state index contributed by atoms with van der Waals surface area (Å²) < 4.78 is 5.33. The third kappa shape index (κ3) is 4.86. The third-order valence-corrected chi connectivity index (χ3v) is 4.91. The highest BCUT2D eigenvalue weighted by Gasteiger charge is 2.21. The number of ether oxygens (including phenoxy) is 1. The van der Waals surface area contributed by atoms with E-state index in [1.54, 1.807) is 18.1 Å². The molecule has 148 valence electrons. The predicted octanol–water partition coefficient (Wildman–Crippen LogP) is 1.45. The number of hydrogen-bond donors (Lipinski definition) is 1. The van der Waals surface area contributed by atoms with Gasteiger partial charge in [-0.3, -0.25) is 14.6 Å². The first-order valence-corrected chi connectivity index (χ1v) is 9.41. The van der Waals surface area contributed by atoms with Crippen molar-refractivity contribution in [3.8, 4) is 5.75 Å². The van der Waals surface area contributed by atoms with E-state index in [1.807, 2.05) is 31.3 Å². The Morgan fingerprint density at radius 2 is 1.82 bits per heavy atom. The summed E-state index contributed by atoms with van der Waals surface area (Å²) in [6.07, 6.45) is 3.66. The summed E-state index contributed by atoms with van der Waals surface area (Å²) in [5, 5.41) is 2.88. The molecular weight excluding hydrogens is 356 g/mol. The lowest BCUT2D eigenvalue weighted by atomic mass is 10.1. The van der Waals surface area contributed by atoms with E-state index in [-0.39, 0.29) is 11.8 Å². The second kappa shape index (κ2) is 9.32. The fraction of sp³-hybridized carbons (Fsp3) is 0.381. The summed E-state index contributed by atoms with van der Waals surface area (Å²) in [6.45, 7) is 3.54. The van der Waals surface area contributed by atoms with Crippen LogP contribution in [0.15, 0.2) is 42.7 Å². The zero-order chi connectivity index (χ0) is 19.9. The van der Waals surface area contributed by atoms with E-state index in [1.165, 1.54) is 12.4 Å². The Bertz CT molecular complexity index is 832. The highest BCUT2D eigenvalue weighted by molar-refractivity contribution is 5.99. The van der Waals surface area contributed by atoms with Gasteiger partial charge in [0.15, 0.2) is 0 Å². The van der Waals surface area contributed by atoms with Crippen molar-refractivity contribution in [2.24, 2.45) is 0 Å². The Morgan fingerprint density at radius 3 is 2.57 bits per heavy atom. The van der Waals surface area contributed by atoms with Crippen LogP contribution in [0, 0.1) is 0 Å². The lowest BCUT2D eigenvalue weighted by molar-refractivity contribution is 0.0663. The van der Waals surface area contributed by atoms with Gasteiger partial charge < -0.3 is 19.9 Å². The number of carbonyl (C=O) groups is 2. The lowest BCUT2D eigenvalue weighted by Gasteiger charge is -2.32. The molecule has 1 N–H and O–H groups in total. The van der Waals surface area contributed by atoms with Crippen LogP contribution in [0.4, 0.5) is 0 Å². The molecule has 28 heavy (non-hydrogen) atoms. The molecule has 0 aliphatic carbocycles. The van der Waals surface area contributed by atoms with Crippen LogP contribution in [0.2, 0.25) is 0 Å². The SMILES string of the molecule is COc1ccccc1CCNC(=O)c1cncc(C(=O)N2CCN(C)CC2)c1. The Morgan fingerprint density at radius 1 is 1.11 bits per heavy atom. The fourth-order valence-corrected chi connectivity index (χ4v) is 3.20. The number of hydrogen-bond acceptors (Lipinski definition) is 5.